The average molecular weight is 361 g/mol. The van der Waals surface area contributed by atoms with Gasteiger partial charge in [-0.3, -0.25) is 19.7 Å². The molecule has 2 rings (SSSR count). The average Bonchev–Trinajstić information content (AvgIpc) is 3.03. The van der Waals surface area contributed by atoms with Crippen LogP contribution in [0.2, 0.25) is 0 Å². The molecule has 1 aromatic rings. The van der Waals surface area contributed by atoms with E-state index in [1.807, 2.05) is 36.5 Å². The zero-order chi connectivity index (χ0) is 19.3. The lowest BCUT2D eigenvalue weighted by atomic mass is 10.1. The Balaban J connectivity index is 1.95. The van der Waals surface area contributed by atoms with Crippen molar-refractivity contribution in [2.75, 3.05) is 18.5 Å². The maximum Gasteiger partial charge on any atom is 0.321 e. The highest BCUT2D eigenvalue weighted by atomic mass is 16.5. The van der Waals surface area contributed by atoms with E-state index in [0.717, 1.165) is 17.7 Å². The summed E-state index contributed by atoms with van der Waals surface area (Å²) >= 11 is 0. The number of nitrogens with one attached hydrogen (secondary N) is 2. The second-order valence-electron chi connectivity index (χ2n) is 6.07. The molecule has 8 nitrogen and oxygen atoms in total. The third kappa shape index (κ3) is 4.59. The number of hydrogen-bond donors (Lipinski definition) is 2. The van der Waals surface area contributed by atoms with Gasteiger partial charge in [0.25, 0.3) is 5.91 Å². The molecule has 8 heteroatoms. The van der Waals surface area contributed by atoms with Gasteiger partial charge in [-0.15, -0.1) is 0 Å². The Bertz CT molecular complexity index is 701. The van der Waals surface area contributed by atoms with Crippen molar-refractivity contribution in [3.05, 3.63) is 29.8 Å². The van der Waals surface area contributed by atoms with Crippen molar-refractivity contribution in [3.63, 3.8) is 0 Å². The van der Waals surface area contributed by atoms with E-state index < -0.39 is 29.9 Å². The van der Waals surface area contributed by atoms with E-state index in [2.05, 4.69) is 5.32 Å². The summed E-state index contributed by atoms with van der Waals surface area (Å²) in [5.74, 6) is -2.18. The number of imide groups is 1. The van der Waals surface area contributed by atoms with E-state index in [-0.39, 0.29) is 18.9 Å². The Labute approximate surface area is 151 Å². The number of anilines is 1. The first kappa shape index (κ1) is 19.4. The Morgan fingerprint density at radius 1 is 1.27 bits per heavy atom. The van der Waals surface area contributed by atoms with Gasteiger partial charge in [-0.05, 0) is 31.0 Å². The van der Waals surface area contributed by atoms with Gasteiger partial charge in [-0.2, -0.15) is 0 Å². The van der Waals surface area contributed by atoms with Crippen molar-refractivity contribution in [1.29, 1.82) is 0 Å². The fourth-order valence-corrected chi connectivity index (χ4v) is 2.63. The number of urea groups is 1. The van der Waals surface area contributed by atoms with Crippen LogP contribution >= 0.6 is 0 Å². The van der Waals surface area contributed by atoms with Crippen LogP contribution < -0.4 is 15.5 Å². The lowest BCUT2D eigenvalue weighted by molar-refractivity contribution is -0.158. The van der Waals surface area contributed by atoms with Gasteiger partial charge in [0.2, 0.25) is 5.91 Å². The number of aryl methyl sites for hydroxylation is 1. The van der Waals surface area contributed by atoms with Crippen molar-refractivity contribution in [1.82, 2.24) is 10.6 Å². The first-order valence-electron chi connectivity index (χ1n) is 8.48. The van der Waals surface area contributed by atoms with Gasteiger partial charge in [-0.25, -0.2) is 4.79 Å². The van der Waals surface area contributed by atoms with Crippen LogP contribution in [-0.2, 0) is 25.5 Å². The molecule has 2 atom stereocenters. The fraction of sp³-hybridized carbons (Fsp3) is 0.444. The van der Waals surface area contributed by atoms with E-state index in [0.29, 0.717) is 0 Å². The molecule has 0 saturated carbocycles. The monoisotopic (exact) mass is 361 g/mol. The Hall–Kier alpha value is -2.90. The van der Waals surface area contributed by atoms with Crippen LogP contribution in [0.15, 0.2) is 24.3 Å². The van der Waals surface area contributed by atoms with Gasteiger partial charge < -0.3 is 15.0 Å². The molecule has 1 heterocycles. The van der Waals surface area contributed by atoms with E-state index in [1.54, 1.807) is 4.90 Å². The zero-order valence-corrected chi connectivity index (χ0v) is 15.1. The molecule has 2 N–H and O–H groups in total. The van der Waals surface area contributed by atoms with E-state index in [4.69, 9.17) is 4.74 Å². The lowest BCUT2D eigenvalue weighted by Gasteiger charge is -2.18. The Kier molecular flexibility index (Phi) is 6.32. The van der Waals surface area contributed by atoms with Crippen LogP contribution in [-0.4, -0.2) is 43.5 Å². The molecule has 1 aliphatic rings. The molecule has 0 aliphatic carbocycles. The van der Waals surface area contributed by atoms with Crippen LogP contribution in [0.5, 0.6) is 0 Å². The maximum atomic E-state index is 12.3. The summed E-state index contributed by atoms with van der Waals surface area (Å²) < 4.78 is 5.10. The summed E-state index contributed by atoms with van der Waals surface area (Å²) in [6.45, 7) is 3.62. The molecule has 1 aliphatic heterocycles. The summed E-state index contributed by atoms with van der Waals surface area (Å²) in [4.78, 5) is 48.9. The minimum atomic E-state index is -1.13. The number of benzene rings is 1. The second kappa shape index (κ2) is 8.46. The number of ether oxygens (including phenoxy) is 1. The third-order valence-corrected chi connectivity index (χ3v) is 4.24. The van der Waals surface area contributed by atoms with Crippen LogP contribution in [0.3, 0.4) is 0 Å². The summed E-state index contributed by atoms with van der Waals surface area (Å²) in [6.07, 6.45) is -0.204. The van der Waals surface area contributed by atoms with E-state index in [9.17, 15) is 19.2 Å². The number of carbonyl (C=O) groups excluding carboxylic acids is 4. The molecule has 140 valence electrons. The smallest absolute Gasteiger partial charge is 0.321 e. The standard InChI is InChI=1S/C18H23N3O5/c1-4-12-5-7-14(8-6-12)21-10-13(9-15(21)22)17(24)26-11(2)16(23)20-18(25)19-3/h5-8,11,13H,4,9-10H2,1-3H3,(H2,19,20,23,25)/t11-,13-/m1/s1. The second-order valence-corrected chi connectivity index (χ2v) is 6.07. The fourth-order valence-electron chi connectivity index (χ4n) is 2.63. The van der Waals surface area contributed by atoms with Crippen molar-refractivity contribution in [2.24, 2.45) is 5.92 Å². The number of carbonyl (C=O) groups is 4. The normalized spacial score (nSPS) is 17.6. The number of nitrogens with zero attached hydrogens (tertiary/aromatic N) is 1. The highest BCUT2D eigenvalue weighted by Crippen LogP contribution is 2.26. The molecule has 4 amide bonds. The minimum absolute atomic E-state index is 0.0259. The molecule has 0 aromatic heterocycles. The zero-order valence-electron chi connectivity index (χ0n) is 15.1. The van der Waals surface area contributed by atoms with Crippen molar-refractivity contribution >= 4 is 29.5 Å². The Morgan fingerprint density at radius 2 is 1.92 bits per heavy atom. The van der Waals surface area contributed by atoms with Gasteiger partial charge in [0, 0.05) is 25.7 Å². The van der Waals surface area contributed by atoms with Gasteiger partial charge in [0.15, 0.2) is 6.10 Å². The SMILES string of the molecule is CCc1ccc(N2C[C@H](C(=O)O[C@H](C)C(=O)NC(=O)NC)CC2=O)cc1. The topological polar surface area (TPSA) is 105 Å². The first-order chi connectivity index (χ1) is 12.3. The van der Waals surface area contributed by atoms with Crippen LogP contribution in [0, 0.1) is 5.92 Å². The molecular formula is C18H23N3O5. The minimum Gasteiger partial charge on any atom is -0.452 e. The van der Waals surface area contributed by atoms with Crippen molar-refractivity contribution in [2.45, 2.75) is 32.8 Å². The van der Waals surface area contributed by atoms with Crippen LogP contribution in [0.1, 0.15) is 25.8 Å². The molecule has 1 aromatic carbocycles. The first-order valence-corrected chi connectivity index (χ1v) is 8.48. The molecule has 0 bridgehead atoms. The highest BCUT2D eigenvalue weighted by molar-refractivity contribution is 6.00. The summed E-state index contributed by atoms with van der Waals surface area (Å²) in [6, 6.07) is 6.91. The lowest BCUT2D eigenvalue weighted by Crippen LogP contribution is -2.44. The molecule has 0 unspecified atom stereocenters. The molecule has 0 spiro atoms. The molecule has 1 fully saturated rings. The summed E-state index contributed by atoms with van der Waals surface area (Å²) in [5.41, 5.74) is 1.89. The van der Waals surface area contributed by atoms with Crippen LogP contribution in [0.4, 0.5) is 10.5 Å². The van der Waals surface area contributed by atoms with Gasteiger partial charge in [0.05, 0.1) is 5.92 Å². The van der Waals surface area contributed by atoms with Crippen molar-refractivity contribution in [3.8, 4) is 0 Å². The van der Waals surface area contributed by atoms with Crippen molar-refractivity contribution < 1.29 is 23.9 Å². The van der Waals surface area contributed by atoms with Crippen LogP contribution in [0.25, 0.3) is 0 Å². The third-order valence-electron chi connectivity index (χ3n) is 4.24. The van der Waals surface area contributed by atoms with Gasteiger partial charge in [0.1, 0.15) is 0 Å². The summed E-state index contributed by atoms with van der Waals surface area (Å²) in [5, 5.41) is 4.27. The summed E-state index contributed by atoms with van der Waals surface area (Å²) in [7, 11) is 1.37. The maximum absolute atomic E-state index is 12.3. The molecule has 1 saturated heterocycles. The quantitative estimate of drug-likeness (QED) is 0.761. The number of rotatable bonds is 5. The highest BCUT2D eigenvalue weighted by Gasteiger charge is 2.37. The number of esters is 1. The van der Waals surface area contributed by atoms with E-state index in [1.165, 1.54) is 14.0 Å². The largest absolute Gasteiger partial charge is 0.452 e. The Morgan fingerprint density at radius 3 is 2.50 bits per heavy atom. The van der Waals surface area contributed by atoms with Gasteiger partial charge in [-0.1, -0.05) is 19.1 Å². The van der Waals surface area contributed by atoms with E-state index >= 15 is 0 Å². The molecular weight excluding hydrogens is 338 g/mol. The predicted octanol–water partition coefficient (Wildman–Crippen LogP) is 0.989. The van der Waals surface area contributed by atoms with Gasteiger partial charge >= 0.3 is 12.0 Å². The number of hydrogen-bond acceptors (Lipinski definition) is 5. The molecule has 0 radical (unpaired) electrons. The number of amides is 4. The predicted molar refractivity (Wildman–Crippen MR) is 94.4 cm³/mol. The molecule has 26 heavy (non-hydrogen) atoms.